The summed E-state index contributed by atoms with van der Waals surface area (Å²) in [7, 11) is 0. The third-order valence-corrected chi connectivity index (χ3v) is 4.56. The quantitative estimate of drug-likeness (QED) is 0.611. The number of benzene rings is 1. The molecule has 1 aromatic carbocycles. The third kappa shape index (κ3) is 5.20. The first-order chi connectivity index (χ1) is 13.2. The van der Waals surface area contributed by atoms with Gasteiger partial charge in [0.2, 0.25) is 0 Å². The average Bonchev–Trinajstić information content (AvgIpc) is 3.15. The number of hydrogen-bond donors (Lipinski definition) is 1. The van der Waals surface area contributed by atoms with Crippen LogP contribution in [0.1, 0.15) is 5.76 Å². The smallest absolute Gasteiger partial charge is 0.262 e. The van der Waals surface area contributed by atoms with Crippen molar-refractivity contribution in [3.8, 4) is 17.4 Å². The molecule has 0 unspecified atom stereocenters. The van der Waals surface area contributed by atoms with E-state index in [4.69, 9.17) is 20.8 Å². The first-order valence-corrected chi connectivity index (χ1v) is 9.10. The predicted molar refractivity (Wildman–Crippen MR) is 103 cm³/mol. The Labute approximate surface area is 163 Å². The Morgan fingerprint density at radius 1 is 1.26 bits per heavy atom. The third-order valence-electron chi connectivity index (χ3n) is 4.24. The van der Waals surface area contributed by atoms with Crippen molar-refractivity contribution in [2.24, 2.45) is 0 Å². The standard InChI is InChI=1S/C20H20ClN3O3/c21-18-4-2-1-3-17(18)19-6-5-16(27-19)13-15(14-22)20(25)23-7-8-24-9-11-26-12-10-24/h1-6,13H,7-12H2,(H,23,25)/b15-13+. The first-order valence-electron chi connectivity index (χ1n) is 8.72. The number of amides is 1. The van der Waals surface area contributed by atoms with Crippen LogP contribution in [-0.2, 0) is 9.53 Å². The number of nitriles is 1. The normalized spacial score (nSPS) is 15.3. The van der Waals surface area contributed by atoms with Gasteiger partial charge in [0.1, 0.15) is 23.2 Å². The summed E-state index contributed by atoms with van der Waals surface area (Å²) in [5.74, 6) is 0.586. The molecule has 6 nitrogen and oxygen atoms in total. The lowest BCUT2D eigenvalue weighted by molar-refractivity contribution is -0.117. The van der Waals surface area contributed by atoms with Crippen LogP contribution < -0.4 is 5.32 Å². The highest BCUT2D eigenvalue weighted by Gasteiger charge is 2.13. The maximum absolute atomic E-state index is 12.2. The van der Waals surface area contributed by atoms with Gasteiger partial charge in [0, 0.05) is 37.8 Å². The van der Waals surface area contributed by atoms with Crippen molar-refractivity contribution in [1.29, 1.82) is 5.26 Å². The lowest BCUT2D eigenvalue weighted by Gasteiger charge is -2.26. The van der Waals surface area contributed by atoms with Crippen LogP contribution in [0.15, 0.2) is 46.4 Å². The second-order valence-corrected chi connectivity index (χ2v) is 6.47. The lowest BCUT2D eigenvalue weighted by atomic mass is 10.2. The van der Waals surface area contributed by atoms with Crippen LogP contribution in [0.3, 0.4) is 0 Å². The predicted octanol–water partition coefficient (Wildman–Crippen LogP) is 2.96. The highest BCUT2D eigenvalue weighted by atomic mass is 35.5. The summed E-state index contributed by atoms with van der Waals surface area (Å²) in [5.41, 5.74) is 0.754. The number of nitrogens with zero attached hydrogens (tertiary/aromatic N) is 2. The van der Waals surface area contributed by atoms with Crippen molar-refractivity contribution in [3.05, 3.63) is 52.8 Å². The van der Waals surface area contributed by atoms with E-state index in [1.165, 1.54) is 6.08 Å². The Morgan fingerprint density at radius 3 is 2.78 bits per heavy atom. The second-order valence-electron chi connectivity index (χ2n) is 6.06. The van der Waals surface area contributed by atoms with Crippen molar-refractivity contribution in [2.75, 3.05) is 39.4 Å². The molecule has 0 spiro atoms. The van der Waals surface area contributed by atoms with Gasteiger partial charge in [-0.15, -0.1) is 0 Å². The molecule has 2 heterocycles. The number of halogens is 1. The van der Waals surface area contributed by atoms with E-state index in [-0.39, 0.29) is 5.57 Å². The van der Waals surface area contributed by atoms with Crippen molar-refractivity contribution in [2.45, 2.75) is 0 Å². The number of nitrogens with one attached hydrogen (secondary N) is 1. The Morgan fingerprint density at radius 2 is 2.04 bits per heavy atom. The molecule has 1 aliphatic heterocycles. The summed E-state index contributed by atoms with van der Waals surface area (Å²) in [5, 5.41) is 12.7. The Kier molecular flexibility index (Phi) is 6.66. The van der Waals surface area contributed by atoms with Crippen LogP contribution in [0, 0.1) is 11.3 Å². The molecule has 0 aliphatic carbocycles. The molecule has 7 heteroatoms. The Hall–Kier alpha value is -2.59. The summed E-state index contributed by atoms with van der Waals surface area (Å²) < 4.78 is 11.0. The molecule has 1 aromatic heterocycles. The maximum Gasteiger partial charge on any atom is 0.262 e. The zero-order chi connectivity index (χ0) is 19.1. The number of carbonyl (C=O) groups is 1. The van der Waals surface area contributed by atoms with E-state index in [1.807, 2.05) is 24.3 Å². The molecule has 0 radical (unpaired) electrons. The number of carbonyl (C=O) groups excluding carboxylic acids is 1. The summed E-state index contributed by atoms with van der Waals surface area (Å²) in [4.78, 5) is 14.5. The highest BCUT2D eigenvalue weighted by Crippen LogP contribution is 2.29. The second kappa shape index (κ2) is 9.38. The minimum Gasteiger partial charge on any atom is -0.457 e. The van der Waals surface area contributed by atoms with Crippen LogP contribution >= 0.6 is 11.6 Å². The van der Waals surface area contributed by atoms with E-state index < -0.39 is 5.91 Å². The SMILES string of the molecule is N#C/C(=C\c1ccc(-c2ccccc2Cl)o1)C(=O)NCCN1CCOCC1. The van der Waals surface area contributed by atoms with Gasteiger partial charge in [0.25, 0.3) is 5.91 Å². The van der Waals surface area contributed by atoms with E-state index in [9.17, 15) is 10.1 Å². The van der Waals surface area contributed by atoms with Crippen molar-refractivity contribution >= 4 is 23.6 Å². The van der Waals surface area contributed by atoms with Crippen LogP contribution in [0.5, 0.6) is 0 Å². The number of furan rings is 1. The topological polar surface area (TPSA) is 78.5 Å². The fraction of sp³-hybridized carbons (Fsp3) is 0.300. The molecule has 3 rings (SSSR count). The molecule has 2 aromatic rings. The van der Waals surface area contributed by atoms with Crippen LogP contribution in [0.25, 0.3) is 17.4 Å². The van der Waals surface area contributed by atoms with Gasteiger partial charge in [0.05, 0.1) is 18.2 Å². The van der Waals surface area contributed by atoms with E-state index in [2.05, 4.69) is 10.2 Å². The molecular formula is C20H20ClN3O3. The minimum atomic E-state index is -0.415. The molecule has 1 aliphatic rings. The van der Waals surface area contributed by atoms with E-state index in [0.717, 1.165) is 25.2 Å². The van der Waals surface area contributed by atoms with Crippen molar-refractivity contribution in [3.63, 3.8) is 0 Å². The number of morpholine rings is 1. The molecule has 1 N–H and O–H groups in total. The molecule has 27 heavy (non-hydrogen) atoms. The summed E-state index contributed by atoms with van der Waals surface area (Å²) in [6.07, 6.45) is 1.43. The fourth-order valence-electron chi connectivity index (χ4n) is 2.77. The number of hydrogen-bond acceptors (Lipinski definition) is 5. The summed E-state index contributed by atoms with van der Waals surface area (Å²) in [6.45, 7) is 4.33. The van der Waals surface area contributed by atoms with Gasteiger partial charge in [-0.1, -0.05) is 23.7 Å². The highest BCUT2D eigenvalue weighted by molar-refractivity contribution is 6.33. The minimum absolute atomic E-state index is 0.00274. The Bertz CT molecular complexity index is 863. The van der Waals surface area contributed by atoms with Gasteiger partial charge in [0.15, 0.2) is 0 Å². The molecule has 1 fully saturated rings. The van der Waals surface area contributed by atoms with Crippen molar-refractivity contribution in [1.82, 2.24) is 10.2 Å². The zero-order valence-corrected chi connectivity index (χ0v) is 15.5. The van der Waals surface area contributed by atoms with Crippen LogP contribution in [0.4, 0.5) is 0 Å². The largest absolute Gasteiger partial charge is 0.457 e. The van der Waals surface area contributed by atoms with Crippen molar-refractivity contribution < 1.29 is 13.9 Å². The zero-order valence-electron chi connectivity index (χ0n) is 14.8. The molecule has 140 valence electrons. The van der Waals surface area contributed by atoms with Gasteiger partial charge in [-0.25, -0.2) is 0 Å². The van der Waals surface area contributed by atoms with E-state index in [0.29, 0.717) is 36.3 Å². The van der Waals surface area contributed by atoms with Crippen LogP contribution in [-0.4, -0.2) is 50.2 Å². The summed E-state index contributed by atoms with van der Waals surface area (Å²) in [6, 6.07) is 12.7. The van der Waals surface area contributed by atoms with Crippen LogP contribution in [0.2, 0.25) is 5.02 Å². The molecule has 1 amide bonds. The monoisotopic (exact) mass is 385 g/mol. The molecule has 0 bridgehead atoms. The fourth-order valence-corrected chi connectivity index (χ4v) is 3.00. The van der Waals surface area contributed by atoms with Gasteiger partial charge in [-0.3, -0.25) is 9.69 Å². The summed E-state index contributed by atoms with van der Waals surface area (Å²) >= 11 is 6.17. The molecular weight excluding hydrogens is 366 g/mol. The van der Waals surface area contributed by atoms with E-state index >= 15 is 0 Å². The molecule has 0 atom stereocenters. The number of ether oxygens (including phenoxy) is 1. The van der Waals surface area contributed by atoms with Gasteiger partial charge in [-0.2, -0.15) is 5.26 Å². The molecule has 0 saturated carbocycles. The van der Waals surface area contributed by atoms with E-state index in [1.54, 1.807) is 18.2 Å². The average molecular weight is 386 g/mol. The number of rotatable bonds is 6. The Balaban J connectivity index is 1.61. The van der Waals surface area contributed by atoms with Gasteiger partial charge >= 0.3 is 0 Å². The maximum atomic E-state index is 12.2. The molecule has 1 saturated heterocycles. The lowest BCUT2D eigenvalue weighted by Crippen LogP contribution is -2.41. The first kappa shape index (κ1) is 19.2. The van der Waals surface area contributed by atoms with Gasteiger partial charge in [-0.05, 0) is 24.3 Å². The van der Waals surface area contributed by atoms with Gasteiger partial charge < -0.3 is 14.5 Å².